The van der Waals surface area contributed by atoms with Gasteiger partial charge >= 0.3 is 0 Å². The highest BCUT2D eigenvalue weighted by Crippen LogP contribution is 2.24. The third-order valence-electron chi connectivity index (χ3n) is 3.13. The van der Waals surface area contributed by atoms with Crippen LogP contribution in [0.25, 0.3) is 11.4 Å². The molecule has 3 aromatic rings. The SMILES string of the molecule is O=C(CSc1ccccc1)NCc1nc(-c2ccccc2Cl)no1. The van der Waals surface area contributed by atoms with Gasteiger partial charge in [0.15, 0.2) is 0 Å². The molecule has 1 N–H and O–H groups in total. The van der Waals surface area contributed by atoms with Gasteiger partial charge in [-0.3, -0.25) is 4.79 Å². The van der Waals surface area contributed by atoms with Crippen LogP contribution in [0.4, 0.5) is 0 Å². The quantitative estimate of drug-likeness (QED) is 0.678. The summed E-state index contributed by atoms with van der Waals surface area (Å²) in [6.45, 7) is 0.186. The van der Waals surface area contributed by atoms with Crippen LogP contribution in [0.3, 0.4) is 0 Å². The second-order valence-electron chi connectivity index (χ2n) is 4.87. The van der Waals surface area contributed by atoms with Gasteiger partial charge in [-0.05, 0) is 24.3 Å². The first-order chi connectivity index (χ1) is 11.7. The Hall–Kier alpha value is -2.31. The van der Waals surface area contributed by atoms with Crippen LogP contribution in [0.15, 0.2) is 64.0 Å². The Morgan fingerprint density at radius 3 is 2.67 bits per heavy atom. The summed E-state index contributed by atoms with van der Waals surface area (Å²) in [7, 11) is 0. The summed E-state index contributed by atoms with van der Waals surface area (Å²) in [4.78, 5) is 17.2. The van der Waals surface area contributed by atoms with Gasteiger partial charge in [0.05, 0.1) is 17.3 Å². The van der Waals surface area contributed by atoms with E-state index < -0.39 is 0 Å². The molecule has 122 valence electrons. The maximum absolute atomic E-state index is 11.9. The molecule has 1 aromatic heterocycles. The molecule has 0 aliphatic rings. The third kappa shape index (κ3) is 4.37. The van der Waals surface area contributed by atoms with Gasteiger partial charge in [0, 0.05) is 10.5 Å². The number of hydrogen-bond donors (Lipinski definition) is 1. The predicted octanol–water partition coefficient (Wildman–Crippen LogP) is 3.80. The van der Waals surface area contributed by atoms with E-state index in [0.29, 0.717) is 28.1 Å². The number of carbonyl (C=O) groups is 1. The number of nitrogens with zero attached hydrogens (tertiary/aromatic N) is 2. The monoisotopic (exact) mass is 359 g/mol. The van der Waals surface area contributed by atoms with Gasteiger partial charge in [-0.2, -0.15) is 4.98 Å². The largest absolute Gasteiger partial charge is 0.346 e. The summed E-state index contributed by atoms with van der Waals surface area (Å²) in [5.74, 6) is 0.975. The summed E-state index contributed by atoms with van der Waals surface area (Å²) in [5.41, 5.74) is 0.695. The molecule has 1 heterocycles. The fourth-order valence-electron chi connectivity index (χ4n) is 1.97. The van der Waals surface area contributed by atoms with Crippen LogP contribution in [0, 0.1) is 0 Å². The molecule has 0 aliphatic heterocycles. The van der Waals surface area contributed by atoms with Gasteiger partial charge in [0.25, 0.3) is 0 Å². The molecule has 24 heavy (non-hydrogen) atoms. The standard InChI is InChI=1S/C17H14ClN3O2S/c18-14-9-5-4-8-13(14)17-20-16(23-21-17)10-19-15(22)11-24-12-6-2-1-3-7-12/h1-9H,10-11H2,(H,19,22). The van der Waals surface area contributed by atoms with Crippen molar-refractivity contribution in [3.63, 3.8) is 0 Å². The Morgan fingerprint density at radius 2 is 1.88 bits per heavy atom. The molecule has 0 saturated carbocycles. The van der Waals surface area contributed by atoms with Crippen molar-refractivity contribution >= 4 is 29.3 Å². The Labute approximate surface area is 148 Å². The topological polar surface area (TPSA) is 68.0 Å². The van der Waals surface area contributed by atoms with Crippen molar-refractivity contribution in [1.29, 1.82) is 0 Å². The lowest BCUT2D eigenvalue weighted by molar-refractivity contribution is -0.118. The molecule has 5 nitrogen and oxygen atoms in total. The van der Waals surface area contributed by atoms with Crippen molar-refractivity contribution in [1.82, 2.24) is 15.5 Å². The van der Waals surface area contributed by atoms with Gasteiger partial charge in [0.2, 0.25) is 17.6 Å². The van der Waals surface area contributed by atoms with Crippen molar-refractivity contribution in [2.75, 3.05) is 5.75 Å². The van der Waals surface area contributed by atoms with Crippen molar-refractivity contribution in [2.45, 2.75) is 11.4 Å². The highest BCUT2D eigenvalue weighted by atomic mass is 35.5. The van der Waals surface area contributed by atoms with E-state index in [1.807, 2.05) is 48.5 Å². The second-order valence-corrected chi connectivity index (χ2v) is 6.33. The van der Waals surface area contributed by atoms with Crippen LogP contribution in [-0.4, -0.2) is 21.8 Å². The van der Waals surface area contributed by atoms with Crippen LogP contribution < -0.4 is 5.32 Å². The number of halogens is 1. The fourth-order valence-corrected chi connectivity index (χ4v) is 2.94. The zero-order chi connectivity index (χ0) is 16.8. The fraction of sp³-hybridized carbons (Fsp3) is 0.118. The number of amides is 1. The van der Waals surface area contributed by atoms with Crippen LogP contribution in [-0.2, 0) is 11.3 Å². The molecule has 0 spiro atoms. The Morgan fingerprint density at radius 1 is 1.12 bits per heavy atom. The number of aromatic nitrogens is 2. The molecule has 0 fully saturated rings. The highest BCUT2D eigenvalue weighted by Gasteiger charge is 2.12. The van der Waals surface area contributed by atoms with Crippen molar-refractivity contribution in [3.8, 4) is 11.4 Å². The zero-order valence-electron chi connectivity index (χ0n) is 12.6. The number of benzene rings is 2. The molecule has 0 atom stereocenters. The molecule has 0 saturated heterocycles. The van der Waals surface area contributed by atoms with Gasteiger partial charge < -0.3 is 9.84 Å². The van der Waals surface area contributed by atoms with Gasteiger partial charge in [-0.25, -0.2) is 0 Å². The molecule has 0 aliphatic carbocycles. The number of carbonyl (C=O) groups excluding carboxylic acids is 1. The Kier molecular flexibility index (Phi) is 5.51. The molecule has 7 heteroatoms. The van der Waals surface area contributed by atoms with Gasteiger partial charge in [-0.1, -0.05) is 47.1 Å². The molecule has 0 unspecified atom stereocenters. The summed E-state index contributed by atoms with van der Waals surface area (Å²) < 4.78 is 5.15. The molecule has 0 radical (unpaired) electrons. The van der Waals surface area contributed by atoms with Gasteiger partial charge in [-0.15, -0.1) is 11.8 Å². The number of hydrogen-bond acceptors (Lipinski definition) is 5. The van der Waals surface area contributed by atoms with Crippen molar-refractivity contribution in [2.24, 2.45) is 0 Å². The smallest absolute Gasteiger partial charge is 0.246 e. The minimum absolute atomic E-state index is 0.0960. The molecular formula is C17H14ClN3O2S. The zero-order valence-corrected chi connectivity index (χ0v) is 14.2. The summed E-state index contributed by atoms with van der Waals surface area (Å²) in [5, 5.41) is 7.20. The Balaban J connectivity index is 1.52. The average Bonchev–Trinajstić information content (AvgIpc) is 3.08. The number of nitrogens with one attached hydrogen (secondary N) is 1. The van der Waals surface area contributed by atoms with E-state index in [1.54, 1.807) is 6.07 Å². The van der Waals surface area contributed by atoms with E-state index in [0.717, 1.165) is 4.90 Å². The predicted molar refractivity (Wildman–Crippen MR) is 93.8 cm³/mol. The Bertz CT molecular complexity index is 823. The molecule has 3 rings (SSSR count). The normalized spacial score (nSPS) is 10.5. The van der Waals surface area contributed by atoms with E-state index in [4.69, 9.17) is 16.1 Å². The van der Waals surface area contributed by atoms with Crippen LogP contribution in [0.2, 0.25) is 5.02 Å². The molecule has 0 bridgehead atoms. The minimum Gasteiger partial charge on any atom is -0.346 e. The van der Waals surface area contributed by atoms with E-state index in [1.165, 1.54) is 11.8 Å². The third-order valence-corrected chi connectivity index (χ3v) is 4.47. The first-order valence-electron chi connectivity index (χ1n) is 7.24. The second kappa shape index (κ2) is 7.99. The van der Waals surface area contributed by atoms with Crippen LogP contribution in [0.1, 0.15) is 5.89 Å². The van der Waals surface area contributed by atoms with Crippen LogP contribution in [0.5, 0.6) is 0 Å². The number of thioether (sulfide) groups is 1. The maximum atomic E-state index is 11.9. The summed E-state index contributed by atoms with van der Waals surface area (Å²) in [6.07, 6.45) is 0. The summed E-state index contributed by atoms with van der Waals surface area (Å²) >= 11 is 7.57. The first kappa shape index (κ1) is 16.5. The molecular weight excluding hydrogens is 346 g/mol. The lowest BCUT2D eigenvalue weighted by Crippen LogP contribution is -2.24. The molecule has 1 amide bonds. The van der Waals surface area contributed by atoms with Crippen molar-refractivity contribution in [3.05, 3.63) is 65.5 Å². The maximum Gasteiger partial charge on any atom is 0.246 e. The minimum atomic E-state index is -0.0960. The first-order valence-corrected chi connectivity index (χ1v) is 8.61. The van der Waals surface area contributed by atoms with E-state index >= 15 is 0 Å². The van der Waals surface area contributed by atoms with E-state index in [9.17, 15) is 4.79 Å². The number of rotatable bonds is 6. The average molecular weight is 360 g/mol. The van der Waals surface area contributed by atoms with Gasteiger partial charge in [0.1, 0.15) is 0 Å². The lowest BCUT2D eigenvalue weighted by Gasteiger charge is -2.02. The van der Waals surface area contributed by atoms with Crippen molar-refractivity contribution < 1.29 is 9.32 Å². The molecule has 2 aromatic carbocycles. The summed E-state index contributed by atoms with van der Waals surface area (Å²) in [6, 6.07) is 17.0. The highest BCUT2D eigenvalue weighted by molar-refractivity contribution is 8.00. The lowest BCUT2D eigenvalue weighted by atomic mass is 10.2. The van der Waals surface area contributed by atoms with E-state index in [-0.39, 0.29) is 12.5 Å². The van der Waals surface area contributed by atoms with E-state index in [2.05, 4.69) is 15.5 Å². The van der Waals surface area contributed by atoms with Crippen LogP contribution >= 0.6 is 23.4 Å².